The highest BCUT2D eigenvalue weighted by Crippen LogP contribution is 2.32. The van der Waals surface area contributed by atoms with E-state index in [0.29, 0.717) is 6.08 Å². The number of allylic oxidation sites excluding steroid dienone is 3. The van der Waals surface area contributed by atoms with Crippen LogP contribution in [0.5, 0.6) is 0 Å². The molecule has 0 amide bonds. The van der Waals surface area contributed by atoms with E-state index in [1.54, 1.807) is 0 Å². The standard InChI is InChI=1S/C7H5F3O2/c8-7(9,10)5-2-1-4(3-5)6(11)12/h2-3H,1H2,(H,11,12). The molecule has 0 aromatic rings. The fourth-order valence-electron chi connectivity index (χ4n) is 0.872. The van der Waals surface area contributed by atoms with Gasteiger partial charge >= 0.3 is 12.1 Å². The molecule has 0 saturated heterocycles. The van der Waals surface area contributed by atoms with Crippen molar-refractivity contribution in [3.8, 4) is 0 Å². The van der Waals surface area contributed by atoms with Crippen LogP contribution in [-0.4, -0.2) is 17.3 Å². The molecule has 0 saturated carbocycles. The number of hydrogen-bond donors (Lipinski definition) is 1. The summed E-state index contributed by atoms with van der Waals surface area (Å²) in [6.45, 7) is 0. The lowest BCUT2D eigenvalue weighted by Gasteiger charge is -2.03. The largest absolute Gasteiger partial charge is 0.478 e. The minimum Gasteiger partial charge on any atom is -0.478 e. The maximum atomic E-state index is 11.9. The van der Waals surface area contributed by atoms with E-state index in [2.05, 4.69) is 0 Å². The Balaban J connectivity index is 2.82. The first-order valence-corrected chi connectivity index (χ1v) is 3.12. The number of carboxylic acids is 1. The van der Waals surface area contributed by atoms with Crippen molar-refractivity contribution in [2.75, 3.05) is 0 Å². The predicted octanol–water partition coefficient (Wildman–Crippen LogP) is 1.89. The third-order valence-electron chi connectivity index (χ3n) is 1.47. The molecule has 12 heavy (non-hydrogen) atoms. The van der Waals surface area contributed by atoms with E-state index in [0.717, 1.165) is 6.08 Å². The molecule has 1 rings (SSSR count). The fraction of sp³-hybridized carbons (Fsp3) is 0.286. The molecular formula is C7H5F3O2. The van der Waals surface area contributed by atoms with Crippen molar-refractivity contribution >= 4 is 5.97 Å². The van der Waals surface area contributed by atoms with Crippen molar-refractivity contribution in [3.63, 3.8) is 0 Å². The van der Waals surface area contributed by atoms with Gasteiger partial charge in [-0.15, -0.1) is 0 Å². The summed E-state index contributed by atoms with van der Waals surface area (Å²) in [6, 6.07) is 0. The van der Waals surface area contributed by atoms with Crippen LogP contribution in [0.25, 0.3) is 0 Å². The molecule has 0 atom stereocenters. The van der Waals surface area contributed by atoms with Gasteiger partial charge in [0.15, 0.2) is 0 Å². The molecule has 5 heteroatoms. The second kappa shape index (κ2) is 2.66. The lowest BCUT2D eigenvalue weighted by molar-refractivity contribution is -0.132. The van der Waals surface area contributed by atoms with Crippen LogP contribution in [0.4, 0.5) is 13.2 Å². The molecule has 1 N–H and O–H groups in total. The average Bonchev–Trinajstić information content (AvgIpc) is 2.30. The number of rotatable bonds is 1. The Kier molecular flexibility index (Phi) is 1.95. The first-order chi connectivity index (χ1) is 5.41. The van der Waals surface area contributed by atoms with E-state index in [-0.39, 0.29) is 12.0 Å². The van der Waals surface area contributed by atoms with E-state index in [1.165, 1.54) is 0 Å². The summed E-state index contributed by atoms with van der Waals surface area (Å²) in [4.78, 5) is 10.2. The molecule has 1 aliphatic carbocycles. The quantitative estimate of drug-likeness (QED) is 0.665. The van der Waals surface area contributed by atoms with Crippen molar-refractivity contribution in [1.29, 1.82) is 0 Å². The van der Waals surface area contributed by atoms with Gasteiger partial charge in [-0.3, -0.25) is 0 Å². The van der Waals surface area contributed by atoms with Gasteiger partial charge in [0.2, 0.25) is 0 Å². The molecule has 0 spiro atoms. The topological polar surface area (TPSA) is 37.3 Å². The fourth-order valence-corrected chi connectivity index (χ4v) is 0.872. The SMILES string of the molecule is O=C(O)C1=CC(C(F)(F)F)=CC1. The number of hydrogen-bond acceptors (Lipinski definition) is 1. The van der Waals surface area contributed by atoms with Crippen molar-refractivity contribution in [2.45, 2.75) is 12.6 Å². The minimum absolute atomic E-state index is 0.149. The second-order valence-electron chi connectivity index (χ2n) is 2.34. The second-order valence-corrected chi connectivity index (χ2v) is 2.34. The molecule has 0 aliphatic heterocycles. The zero-order valence-corrected chi connectivity index (χ0v) is 5.85. The molecule has 1 aliphatic rings. The monoisotopic (exact) mass is 178 g/mol. The first-order valence-electron chi connectivity index (χ1n) is 3.12. The maximum Gasteiger partial charge on any atom is 0.416 e. The zero-order valence-electron chi connectivity index (χ0n) is 5.85. The molecule has 0 radical (unpaired) electrons. The van der Waals surface area contributed by atoms with Crippen molar-refractivity contribution in [3.05, 3.63) is 23.3 Å². The Bertz CT molecular complexity index is 273. The Morgan fingerprint density at radius 1 is 1.50 bits per heavy atom. The lowest BCUT2D eigenvalue weighted by Crippen LogP contribution is -2.08. The Labute approximate surface area is 66.0 Å². The van der Waals surface area contributed by atoms with Crippen LogP contribution in [0.1, 0.15) is 6.42 Å². The number of carbonyl (C=O) groups is 1. The highest BCUT2D eigenvalue weighted by molar-refractivity contribution is 5.88. The number of alkyl halides is 3. The van der Waals surface area contributed by atoms with Crippen LogP contribution in [0.3, 0.4) is 0 Å². The molecule has 0 unspecified atom stereocenters. The van der Waals surface area contributed by atoms with Crippen LogP contribution in [0.15, 0.2) is 23.3 Å². The highest BCUT2D eigenvalue weighted by Gasteiger charge is 2.34. The Hall–Kier alpha value is -1.26. The maximum absolute atomic E-state index is 11.9. The van der Waals surface area contributed by atoms with Crippen LogP contribution in [-0.2, 0) is 4.79 Å². The first kappa shape index (κ1) is 8.83. The highest BCUT2D eigenvalue weighted by atomic mass is 19.4. The summed E-state index contributed by atoms with van der Waals surface area (Å²) in [7, 11) is 0. The molecular weight excluding hydrogens is 173 g/mol. The summed E-state index contributed by atoms with van der Waals surface area (Å²) in [5.41, 5.74) is -1.10. The normalized spacial score (nSPS) is 17.2. The van der Waals surface area contributed by atoms with E-state index < -0.39 is 17.7 Å². The smallest absolute Gasteiger partial charge is 0.416 e. The lowest BCUT2D eigenvalue weighted by atomic mass is 10.2. The number of carboxylic acid groups (broad SMARTS) is 1. The third-order valence-corrected chi connectivity index (χ3v) is 1.47. The van der Waals surface area contributed by atoms with Gasteiger partial charge in [0.05, 0.1) is 5.57 Å². The Morgan fingerprint density at radius 3 is 2.33 bits per heavy atom. The van der Waals surface area contributed by atoms with Crippen molar-refractivity contribution < 1.29 is 23.1 Å². The van der Waals surface area contributed by atoms with Crippen LogP contribution < -0.4 is 0 Å². The summed E-state index contributed by atoms with van der Waals surface area (Å²) in [5, 5.41) is 8.33. The van der Waals surface area contributed by atoms with Crippen LogP contribution in [0, 0.1) is 0 Å². The number of aliphatic carboxylic acids is 1. The predicted molar refractivity (Wildman–Crippen MR) is 34.5 cm³/mol. The van der Waals surface area contributed by atoms with Gasteiger partial charge in [0.25, 0.3) is 0 Å². The van der Waals surface area contributed by atoms with E-state index in [9.17, 15) is 18.0 Å². The molecule has 0 aromatic carbocycles. The van der Waals surface area contributed by atoms with Crippen LogP contribution >= 0.6 is 0 Å². The molecule has 66 valence electrons. The van der Waals surface area contributed by atoms with Crippen molar-refractivity contribution in [2.24, 2.45) is 0 Å². The van der Waals surface area contributed by atoms with Gasteiger partial charge in [-0.1, -0.05) is 6.08 Å². The summed E-state index contributed by atoms with van der Waals surface area (Å²) in [6.07, 6.45) is -3.06. The molecule has 0 heterocycles. The van der Waals surface area contributed by atoms with Gasteiger partial charge < -0.3 is 5.11 Å². The van der Waals surface area contributed by atoms with E-state index in [4.69, 9.17) is 5.11 Å². The van der Waals surface area contributed by atoms with Gasteiger partial charge in [0, 0.05) is 5.57 Å². The van der Waals surface area contributed by atoms with E-state index in [1.807, 2.05) is 0 Å². The summed E-state index contributed by atoms with van der Waals surface area (Å²) in [5.74, 6) is -1.30. The Morgan fingerprint density at radius 2 is 2.08 bits per heavy atom. The average molecular weight is 178 g/mol. The molecule has 0 fully saturated rings. The van der Waals surface area contributed by atoms with Crippen LogP contribution in [0.2, 0.25) is 0 Å². The molecule has 0 bridgehead atoms. The molecule has 0 aromatic heterocycles. The number of halogens is 3. The van der Waals surface area contributed by atoms with E-state index >= 15 is 0 Å². The van der Waals surface area contributed by atoms with Gasteiger partial charge in [-0.2, -0.15) is 13.2 Å². The van der Waals surface area contributed by atoms with Crippen molar-refractivity contribution in [1.82, 2.24) is 0 Å². The zero-order chi connectivity index (χ0) is 9.35. The summed E-state index contributed by atoms with van der Waals surface area (Å²) < 4.78 is 35.7. The minimum atomic E-state index is -4.43. The van der Waals surface area contributed by atoms with Gasteiger partial charge in [0.1, 0.15) is 0 Å². The van der Waals surface area contributed by atoms with Gasteiger partial charge in [-0.05, 0) is 12.5 Å². The van der Waals surface area contributed by atoms with Gasteiger partial charge in [-0.25, -0.2) is 4.79 Å². The third kappa shape index (κ3) is 1.66. The summed E-state index contributed by atoms with van der Waals surface area (Å²) >= 11 is 0. The molecule has 2 nitrogen and oxygen atoms in total.